The summed E-state index contributed by atoms with van der Waals surface area (Å²) >= 11 is 2.84. The second kappa shape index (κ2) is 5.78. The van der Waals surface area contributed by atoms with Gasteiger partial charge in [-0.3, -0.25) is 9.36 Å². The second-order valence-electron chi connectivity index (χ2n) is 4.08. The van der Waals surface area contributed by atoms with Crippen molar-refractivity contribution < 1.29 is 5.11 Å². The van der Waals surface area contributed by atoms with E-state index < -0.39 is 0 Å². The molecule has 3 aromatic rings. The van der Waals surface area contributed by atoms with E-state index in [9.17, 15) is 4.79 Å². The van der Waals surface area contributed by atoms with E-state index in [1.54, 1.807) is 10.6 Å². The number of benzene rings is 1. The Balaban J connectivity index is 2.26. The van der Waals surface area contributed by atoms with Gasteiger partial charge in [-0.2, -0.15) is 0 Å². The number of fused-ring (bicyclic) bond motifs is 1. The van der Waals surface area contributed by atoms with Gasteiger partial charge < -0.3 is 5.11 Å². The zero-order valence-electron chi connectivity index (χ0n) is 10.5. The summed E-state index contributed by atoms with van der Waals surface area (Å²) in [5.74, 6) is 0.510. The van der Waals surface area contributed by atoms with Gasteiger partial charge in [0.05, 0.1) is 17.7 Å². The largest absolute Gasteiger partial charge is 0.396 e. The van der Waals surface area contributed by atoms with Crippen molar-refractivity contribution in [2.24, 2.45) is 0 Å². The molecule has 0 unspecified atom stereocenters. The predicted octanol–water partition coefficient (Wildman–Crippen LogP) is 2.53. The smallest absolute Gasteiger partial charge is 0.267 e. The van der Waals surface area contributed by atoms with Gasteiger partial charge in [-0.05, 0) is 23.6 Å². The molecule has 0 aliphatic rings. The monoisotopic (exact) mass is 304 g/mol. The van der Waals surface area contributed by atoms with Crippen molar-refractivity contribution >= 4 is 33.3 Å². The molecule has 0 aliphatic carbocycles. The second-order valence-corrected chi connectivity index (χ2v) is 6.04. The lowest BCUT2D eigenvalue weighted by Gasteiger charge is -2.11. The van der Waals surface area contributed by atoms with Crippen LogP contribution in [-0.2, 0) is 0 Å². The standard InChI is InChI=1S/C14H12N2O2S2/c17-7-9-20-14-15-12-11(6-8-19-12)13(18)16(14)10-4-2-1-3-5-10/h1-6,8,17H,7,9H2. The highest BCUT2D eigenvalue weighted by molar-refractivity contribution is 7.99. The maximum Gasteiger partial charge on any atom is 0.267 e. The number of rotatable bonds is 4. The quantitative estimate of drug-likeness (QED) is 0.594. The van der Waals surface area contributed by atoms with E-state index in [1.165, 1.54) is 23.1 Å². The van der Waals surface area contributed by atoms with E-state index in [1.807, 2.05) is 35.7 Å². The number of thioether (sulfide) groups is 1. The predicted molar refractivity (Wildman–Crippen MR) is 83.0 cm³/mol. The molecule has 0 radical (unpaired) electrons. The van der Waals surface area contributed by atoms with Crippen LogP contribution in [-0.4, -0.2) is 27.0 Å². The molecule has 0 atom stereocenters. The molecule has 102 valence electrons. The van der Waals surface area contributed by atoms with Gasteiger partial charge in [0, 0.05) is 5.75 Å². The fourth-order valence-corrected chi connectivity index (χ4v) is 3.49. The number of aromatic nitrogens is 2. The van der Waals surface area contributed by atoms with Crippen molar-refractivity contribution in [1.29, 1.82) is 0 Å². The van der Waals surface area contributed by atoms with E-state index in [0.29, 0.717) is 16.3 Å². The Hall–Kier alpha value is -1.63. The first-order chi connectivity index (χ1) is 9.81. The van der Waals surface area contributed by atoms with E-state index >= 15 is 0 Å². The number of thiophene rings is 1. The van der Waals surface area contributed by atoms with Gasteiger partial charge in [0.25, 0.3) is 5.56 Å². The van der Waals surface area contributed by atoms with Gasteiger partial charge in [-0.1, -0.05) is 30.0 Å². The van der Waals surface area contributed by atoms with Crippen LogP contribution in [0, 0.1) is 0 Å². The lowest BCUT2D eigenvalue weighted by molar-refractivity contribution is 0.322. The molecule has 6 heteroatoms. The van der Waals surface area contributed by atoms with Crippen molar-refractivity contribution in [1.82, 2.24) is 9.55 Å². The molecule has 1 aromatic carbocycles. The van der Waals surface area contributed by atoms with E-state index in [0.717, 1.165) is 10.5 Å². The van der Waals surface area contributed by atoms with Crippen LogP contribution in [0.5, 0.6) is 0 Å². The van der Waals surface area contributed by atoms with Crippen molar-refractivity contribution in [2.45, 2.75) is 5.16 Å². The van der Waals surface area contributed by atoms with Gasteiger partial charge in [0.15, 0.2) is 5.16 Å². The molecule has 0 fully saturated rings. The summed E-state index contributed by atoms with van der Waals surface area (Å²) in [5.41, 5.74) is 0.724. The first-order valence-corrected chi connectivity index (χ1v) is 7.97. The highest BCUT2D eigenvalue weighted by Crippen LogP contribution is 2.23. The Kier molecular flexibility index (Phi) is 3.86. The lowest BCUT2D eigenvalue weighted by atomic mass is 10.3. The average molecular weight is 304 g/mol. The number of para-hydroxylation sites is 1. The average Bonchev–Trinajstić information content (AvgIpc) is 2.95. The molecule has 0 bridgehead atoms. The maximum atomic E-state index is 12.6. The van der Waals surface area contributed by atoms with Crippen LogP contribution in [0.25, 0.3) is 15.9 Å². The number of aliphatic hydroxyl groups is 1. The molecule has 0 saturated heterocycles. The van der Waals surface area contributed by atoms with Gasteiger partial charge in [-0.25, -0.2) is 4.98 Å². The molecule has 2 heterocycles. The molecule has 0 amide bonds. The minimum Gasteiger partial charge on any atom is -0.396 e. The summed E-state index contributed by atoms with van der Waals surface area (Å²) in [6.45, 7) is 0.0534. The van der Waals surface area contributed by atoms with Crippen molar-refractivity contribution in [3.8, 4) is 5.69 Å². The van der Waals surface area contributed by atoms with Gasteiger partial charge in [0.2, 0.25) is 0 Å². The summed E-state index contributed by atoms with van der Waals surface area (Å²) in [4.78, 5) is 17.9. The summed E-state index contributed by atoms with van der Waals surface area (Å²) in [7, 11) is 0. The van der Waals surface area contributed by atoms with Crippen LogP contribution in [0.15, 0.2) is 51.7 Å². The van der Waals surface area contributed by atoms with Crippen LogP contribution >= 0.6 is 23.1 Å². The van der Waals surface area contributed by atoms with Crippen molar-refractivity contribution in [2.75, 3.05) is 12.4 Å². The minimum atomic E-state index is -0.0668. The third-order valence-corrected chi connectivity index (χ3v) is 4.53. The first-order valence-electron chi connectivity index (χ1n) is 6.10. The van der Waals surface area contributed by atoms with Crippen LogP contribution in [0.4, 0.5) is 0 Å². The molecule has 3 rings (SSSR count). The Labute approximate surface area is 123 Å². The summed E-state index contributed by atoms with van der Waals surface area (Å²) in [6, 6.07) is 11.2. The van der Waals surface area contributed by atoms with E-state index in [4.69, 9.17) is 5.11 Å². The highest BCUT2D eigenvalue weighted by atomic mass is 32.2. The van der Waals surface area contributed by atoms with E-state index in [2.05, 4.69) is 4.98 Å². The fraction of sp³-hybridized carbons (Fsp3) is 0.143. The zero-order valence-corrected chi connectivity index (χ0v) is 12.2. The normalized spacial score (nSPS) is 11.1. The highest BCUT2D eigenvalue weighted by Gasteiger charge is 2.13. The number of nitrogens with zero attached hydrogens (tertiary/aromatic N) is 2. The molecule has 2 aromatic heterocycles. The summed E-state index contributed by atoms with van der Waals surface area (Å²) in [6.07, 6.45) is 0. The number of hydrogen-bond donors (Lipinski definition) is 1. The molecule has 0 spiro atoms. The summed E-state index contributed by atoms with van der Waals surface area (Å²) < 4.78 is 1.61. The molecular weight excluding hydrogens is 292 g/mol. The Morgan fingerprint density at radius 2 is 2.05 bits per heavy atom. The molecule has 20 heavy (non-hydrogen) atoms. The molecule has 4 nitrogen and oxygen atoms in total. The Bertz CT molecular complexity index is 781. The third-order valence-electron chi connectivity index (χ3n) is 2.80. The van der Waals surface area contributed by atoms with Crippen molar-refractivity contribution in [3.05, 3.63) is 52.1 Å². The molecule has 0 saturated carbocycles. The number of hydrogen-bond acceptors (Lipinski definition) is 5. The lowest BCUT2D eigenvalue weighted by Crippen LogP contribution is -2.21. The van der Waals surface area contributed by atoms with Crippen LogP contribution in [0.3, 0.4) is 0 Å². The van der Waals surface area contributed by atoms with E-state index in [-0.39, 0.29) is 12.2 Å². The Morgan fingerprint density at radius 1 is 1.25 bits per heavy atom. The van der Waals surface area contributed by atoms with Crippen LogP contribution < -0.4 is 5.56 Å². The summed E-state index contributed by atoms with van der Waals surface area (Å²) in [5, 5.41) is 12.1. The molecule has 1 N–H and O–H groups in total. The Morgan fingerprint density at radius 3 is 2.80 bits per heavy atom. The number of aliphatic hydroxyl groups excluding tert-OH is 1. The topological polar surface area (TPSA) is 55.1 Å². The maximum absolute atomic E-state index is 12.6. The molecule has 0 aliphatic heterocycles. The fourth-order valence-electron chi connectivity index (χ4n) is 1.93. The molecular formula is C14H12N2O2S2. The third kappa shape index (κ3) is 2.37. The van der Waals surface area contributed by atoms with Crippen LogP contribution in [0.2, 0.25) is 0 Å². The van der Waals surface area contributed by atoms with Gasteiger partial charge in [-0.15, -0.1) is 11.3 Å². The van der Waals surface area contributed by atoms with Crippen molar-refractivity contribution in [3.63, 3.8) is 0 Å². The first kappa shape index (κ1) is 13.4. The minimum absolute atomic E-state index is 0.0534. The SMILES string of the molecule is O=c1c2ccsc2nc(SCCO)n1-c1ccccc1. The van der Waals surface area contributed by atoms with Gasteiger partial charge in [0.1, 0.15) is 4.83 Å². The van der Waals surface area contributed by atoms with Gasteiger partial charge >= 0.3 is 0 Å². The zero-order chi connectivity index (χ0) is 13.9. The van der Waals surface area contributed by atoms with Crippen LogP contribution in [0.1, 0.15) is 0 Å².